The van der Waals surface area contributed by atoms with Gasteiger partial charge in [0.15, 0.2) is 11.6 Å². The van der Waals surface area contributed by atoms with Crippen molar-refractivity contribution in [3.8, 4) is 0 Å². The van der Waals surface area contributed by atoms with Gasteiger partial charge in [-0.3, -0.25) is 5.10 Å². The lowest BCUT2D eigenvalue weighted by atomic mass is 10.2. The zero-order chi connectivity index (χ0) is 17.8. The molecular formula is C19H21N7. The summed E-state index contributed by atoms with van der Waals surface area (Å²) in [5.74, 6) is 2.87. The minimum Gasteiger partial charge on any atom is -0.365 e. The summed E-state index contributed by atoms with van der Waals surface area (Å²) in [7, 11) is 0. The molecule has 3 heterocycles. The minimum atomic E-state index is 0.399. The molecule has 1 aliphatic heterocycles. The molecule has 1 fully saturated rings. The molecule has 0 saturated carbocycles. The Labute approximate surface area is 152 Å². The van der Waals surface area contributed by atoms with Gasteiger partial charge in [0.1, 0.15) is 11.6 Å². The van der Waals surface area contributed by atoms with E-state index >= 15 is 0 Å². The van der Waals surface area contributed by atoms with Crippen LogP contribution in [0.15, 0.2) is 42.5 Å². The summed E-state index contributed by atoms with van der Waals surface area (Å²) in [4.78, 5) is 9.20. The van der Waals surface area contributed by atoms with Crippen LogP contribution >= 0.6 is 0 Å². The van der Waals surface area contributed by atoms with Gasteiger partial charge in [-0.15, -0.1) is 0 Å². The first-order chi connectivity index (χ1) is 12.7. The molecule has 2 aromatic heterocycles. The highest BCUT2D eigenvalue weighted by Gasteiger charge is 2.17. The van der Waals surface area contributed by atoms with Gasteiger partial charge in [0.25, 0.3) is 0 Å². The first-order valence-electron chi connectivity index (χ1n) is 8.63. The van der Waals surface area contributed by atoms with Crippen LogP contribution in [0.25, 0.3) is 12.2 Å². The molecule has 4 N–H and O–H groups in total. The molecule has 7 heteroatoms. The van der Waals surface area contributed by atoms with Crippen molar-refractivity contribution in [2.75, 3.05) is 23.7 Å². The second-order valence-corrected chi connectivity index (χ2v) is 6.30. The predicted octanol–water partition coefficient (Wildman–Crippen LogP) is 2.81. The van der Waals surface area contributed by atoms with Crippen molar-refractivity contribution < 1.29 is 0 Å². The molecule has 1 saturated heterocycles. The molecule has 7 nitrogen and oxygen atoms in total. The normalized spacial score (nSPS) is 14.3. The number of hydrogen-bond acceptors (Lipinski definition) is 6. The Balaban J connectivity index is 1.59. The van der Waals surface area contributed by atoms with Gasteiger partial charge < -0.3 is 16.0 Å². The van der Waals surface area contributed by atoms with Crippen LogP contribution in [-0.4, -0.2) is 39.3 Å². The molecule has 0 atom stereocenters. The molecule has 0 amide bonds. The lowest BCUT2D eigenvalue weighted by molar-refractivity contribution is 0.471. The number of benzene rings is 1. The maximum Gasteiger partial charge on any atom is 0.156 e. The molecule has 0 radical (unpaired) electrons. The Bertz CT molecular complexity index is 897. The zero-order valence-corrected chi connectivity index (χ0v) is 14.5. The maximum absolute atomic E-state index is 4.61. The van der Waals surface area contributed by atoms with Gasteiger partial charge in [0.05, 0.1) is 6.04 Å². The third-order valence-electron chi connectivity index (χ3n) is 4.06. The highest BCUT2D eigenvalue weighted by atomic mass is 15.2. The summed E-state index contributed by atoms with van der Waals surface area (Å²) in [6.07, 6.45) is 3.92. The van der Waals surface area contributed by atoms with E-state index in [-0.39, 0.29) is 0 Å². The number of nitrogens with one attached hydrogen (secondary N) is 4. The van der Waals surface area contributed by atoms with Gasteiger partial charge in [0.2, 0.25) is 0 Å². The standard InChI is InChI=1S/C19H21N7/c1-13-9-19(26-25-13)24-18-10-17(21-15-11-20-12-15)22-16(23-18)8-7-14-5-3-2-4-6-14/h2-10,15,20H,11-12H2,1H3,(H3,21,22,23,24,25,26)/b8-7+. The molecule has 132 valence electrons. The average molecular weight is 347 g/mol. The Hall–Kier alpha value is -3.19. The lowest BCUT2D eigenvalue weighted by Crippen LogP contribution is -2.51. The molecule has 1 aromatic carbocycles. The van der Waals surface area contributed by atoms with E-state index in [1.165, 1.54) is 0 Å². The smallest absolute Gasteiger partial charge is 0.156 e. The third-order valence-corrected chi connectivity index (χ3v) is 4.06. The van der Waals surface area contributed by atoms with E-state index in [0.717, 1.165) is 36.0 Å². The van der Waals surface area contributed by atoms with E-state index in [2.05, 4.69) is 36.1 Å². The molecule has 0 spiro atoms. The maximum atomic E-state index is 4.61. The number of aromatic amines is 1. The van der Waals surface area contributed by atoms with Gasteiger partial charge in [0, 0.05) is 30.9 Å². The van der Waals surface area contributed by atoms with Gasteiger partial charge in [-0.25, -0.2) is 9.97 Å². The van der Waals surface area contributed by atoms with E-state index < -0.39 is 0 Å². The molecule has 0 bridgehead atoms. The van der Waals surface area contributed by atoms with Crippen molar-refractivity contribution in [3.05, 3.63) is 59.5 Å². The van der Waals surface area contributed by atoms with Crippen molar-refractivity contribution in [2.45, 2.75) is 13.0 Å². The summed E-state index contributed by atoms with van der Waals surface area (Å²) in [5, 5.41) is 17.0. The molecule has 4 rings (SSSR count). The van der Waals surface area contributed by atoms with Crippen LogP contribution in [0.5, 0.6) is 0 Å². The lowest BCUT2D eigenvalue weighted by Gasteiger charge is -2.28. The summed E-state index contributed by atoms with van der Waals surface area (Å²) in [6.45, 7) is 3.85. The fourth-order valence-electron chi connectivity index (χ4n) is 2.63. The number of rotatable bonds is 6. The van der Waals surface area contributed by atoms with E-state index in [1.807, 2.05) is 61.5 Å². The van der Waals surface area contributed by atoms with E-state index in [9.17, 15) is 0 Å². The SMILES string of the molecule is Cc1cc(Nc2cc(NC3CNC3)nc(/C=C/c3ccccc3)n2)n[nH]1. The van der Waals surface area contributed by atoms with E-state index in [1.54, 1.807) is 0 Å². The Morgan fingerprint density at radius 2 is 1.81 bits per heavy atom. The van der Waals surface area contributed by atoms with Crippen LogP contribution in [0.2, 0.25) is 0 Å². The topological polar surface area (TPSA) is 90.5 Å². The van der Waals surface area contributed by atoms with Crippen molar-refractivity contribution in [1.82, 2.24) is 25.5 Å². The number of hydrogen-bond donors (Lipinski definition) is 4. The monoisotopic (exact) mass is 347 g/mol. The predicted molar refractivity (Wildman–Crippen MR) is 104 cm³/mol. The number of aryl methyl sites for hydroxylation is 1. The van der Waals surface area contributed by atoms with Crippen molar-refractivity contribution in [2.24, 2.45) is 0 Å². The Morgan fingerprint density at radius 1 is 1.00 bits per heavy atom. The molecular weight excluding hydrogens is 326 g/mol. The number of nitrogens with zero attached hydrogens (tertiary/aromatic N) is 3. The second-order valence-electron chi connectivity index (χ2n) is 6.30. The van der Waals surface area contributed by atoms with Crippen molar-refractivity contribution in [3.63, 3.8) is 0 Å². The Morgan fingerprint density at radius 3 is 2.50 bits per heavy atom. The van der Waals surface area contributed by atoms with E-state index in [0.29, 0.717) is 17.7 Å². The molecule has 0 aliphatic carbocycles. The first kappa shape index (κ1) is 16.3. The fourth-order valence-corrected chi connectivity index (χ4v) is 2.63. The Kier molecular flexibility index (Phi) is 4.61. The number of aromatic nitrogens is 4. The molecule has 1 aliphatic rings. The highest BCUT2D eigenvalue weighted by Crippen LogP contribution is 2.18. The molecule has 0 unspecified atom stereocenters. The summed E-state index contributed by atoms with van der Waals surface area (Å²) < 4.78 is 0. The van der Waals surface area contributed by atoms with Crippen LogP contribution in [0, 0.1) is 6.92 Å². The quantitative estimate of drug-likeness (QED) is 0.548. The number of H-pyrrole nitrogens is 1. The van der Waals surface area contributed by atoms with Crippen molar-refractivity contribution >= 4 is 29.6 Å². The molecule has 3 aromatic rings. The van der Waals surface area contributed by atoms with Crippen molar-refractivity contribution in [1.29, 1.82) is 0 Å². The fraction of sp³-hybridized carbons (Fsp3) is 0.211. The average Bonchev–Trinajstić information content (AvgIpc) is 3.02. The van der Waals surface area contributed by atoms with Crippen LogP contribution in [0.1, 0.15) is 17.1 Å². The molecule has 26 heavy (non-hydrogen) atoms. The van der Waals surface area contributed by atoms with Gasteiger partial charge in [-0.2, -0.15) is 5.10 Å². The van der Waals surface area contributed by atoms with Crippen LogP contribution in [0.4, 0.5) is 17.5 Å². The second kappa shape index (κ2) is 7.37. The highest BCUT2D eigenvalue weighted by molar-refractivity contribution is 5.68. The summed E-state index contributed by atoms with van der Waals surface area (Å²) in [6, 6.07) is 14.3. The number of anilines is 3. The summed E-state index contributed by atoms with van der Waals surface area (Å²) in [5.41, 5.74) is 2.10. The van der Waals surface area contributed by atoms with Crippen LogP contribution in [0.3, 0.4) is 0 Å². The summed E-state index contributed by atoms with van der Waals surface area (Å²) >= 11 is 0. The van der Waals surface area contributed by atoms with Gasteiger partial charge >= 0.3 is 0 Å². The third kappa shape index (κ3) is 4.07. The first-order valence-corrected chi connectivity index (χ1v) is 8.63. The van der Waals surface area contributed by atoms with E-state index in [4.69, 9.17) is 0 Å². The van der Waals surface area contributed by atoms with Gasteiger partial charge in [-0.05, 0) is 18.6 Å². The largest absolute Gasteiger partial charge is 0.365 e. The van der Waals surface area contributed by atoms with Crippen LogP contribution < -0.4 is 16.0 Å². The van der Waals surface area contributed by atoms with Gasteiger partial charge in [-0.1, -0.05) is 36.4 Å². The minimum absolute atomic E-state index is 0.399. The zero-order valence-electron chi connectivity index (χ0n) is 14.5. The van der Waals surface area contributed by atoms with Crippen LogP contribution in [-0.2, 0) is 0 Å².